The molecule has 3 aliphatic carbocycles. The molecule has 0 N–H and O–H groups in total. The topological polar surface area (TPSA) is 99.1 Å². The Bertz CT molecular complexity index is 510. The molecule has 0 radical (unpaired) electrons. The number of hydrogen-bond donors (Lipinski definition) is 0. The van der Waals surface area contributed by atoms with Gasteiger partial charge in [0.25, 0.3) is 18.8 Å². The Kier molecular flexibility index (Phi) is 7.67. The summed E-state index contributed by atoms with van der Waals surface area (Å²) in [7, 11) is 0. The number of hydrogen-bond acceptors (Lipinski definition) is 6. The van der Waals surface area contributed by atoms with Crippen molar-refractivity contribution in [3.05, 3.63) is 0 Å². The smallest absolute Gasteiger partial charge is 0.286 e. The highest BCUT2D eigenvalue weighted by molar-refractivity contribution is 4.91. The van der Waals surface area contributed by atoms with Crippen LogP contribution in [-0.4, -0.2) is 18.3 Å². The van der Waals surface area contributed by atoms with Gasteiger partial charge in [0.2, 0.25) is 0 Å². The van der Waals surface area contributed by atoms with E-state index >= 15 is 0 Å². The van der Waals surface area contributed by atoms with Crippen molar-refractivity contribution in [1.82, 2.24) is 0 Å². The van der Waals surface area contributed by atoms with Crippen molar-refractivity contribution in [2.75, 3.05) is 0 Å². The molecule has 6 heteroatoms. The lowest BCUT2D eigenvalue weighted by Gasteiger charge is -2.45. The summed E-state index contributed by atoms with van der Waals surface area (Å²) in [6.07, 6.45) is 18.6. The predicted octanol–water partition coefficient (Wildman–Crippen LogP) is 4.77. The first kappa shape index (κ1) is 20.6. The van der Waals surface area contributed by atoms with E-state index in [9.17, 15) is 0 Å². The number of nitrogens with zero attached hydrogens (tertiary/aromatic N) is 3. The fraction of sp³-hybridized carbons (Fsp3) is 0.864. The van der Waals surface area contributed by atoms with E-state index in [4.69, 9.17) is 30.0 Å². The van der Waals surface area contributed by atoms with E-state index < -0.39 is 0 Å². The molecule has 0 heterocycles. The van der Waals surface area contributed by atoms with Gasteiger partial charge in [0.05, 0.1) is 0 Å². The molecule has 3 aliphatic rings. The molecule has 0 atom stereocenters. The van der Waals surface area contributed by atoms with Crippen LogP contribution < -0.4 is 0 Å². The minimum atomic E-state index is 0.0985. The second kappa shape index (κ2) is 10.4. The van der Waals surface area contributed by atoms with E-state index in [0.29, 0.717) is 23.7 Å². The quantitative estimate of drug-likeness (QED) is 0.611. The molecule has 0 spiro atoms. The average Bonchev–Trinajstić information content (AvgIpc) is 2.73. The summed E-state index contributed by atoms with van der Waals surface area (Å²) < 4.78 is 15.6. The van der Waals surface area contributed by atoms with Crippen molar-refractivity contribution in [3.8, 4) is 18.8 Å². The lowest BCUT2D eigenvalue weighted by Crippen LogP contribution is -2.39. The molecule has 6 nitrogen and oxygen atoms in total. The van der Waals surface area contributed by atoms with E-state index in [1.165, 1.54) is 0 Å². The van der Waals surface area contributed by atoms with E-state index in [-0.39, 0.29) is 18.3 Å². The number of rotatable bonds is 6. The van der Waals surface area contributed by atoms with Crippen LogP contribution in [0.1, 0.15) is 77.0 Å². The maximum absolute atomic E-state index is 8.80. The van der Waals surface area contributed by atoms with Crippen LogP contribution in [0.15, 0.2) is 0 Å². The maximum Gasteiger partial charge on any atom is 0.286 e. The summed E-state index contributed by atoms with van der Waals surface area (Å²) in [5.74, 6) is 2.76. The van der Waals surface area contributed by atoms with Crippen molar-refractivity contribution in [2.45, 2.75) is 95.4 Å². The van der Waals surface area contributed by atoms with E-state index in [1.54, 1.807) is 0 Å². The monoisotopic (exact) mass is 385 g/mol. The average molecular weight is 386 g/mol. The summed E-state index contributed by atoms with van der Waals surface area (Å²) in [6.45, 7) is 0. The molecular weight excluding hydrogens is 354 g/mol. The summed E-state index contributed by atoms with van der Waals surface area (Å²) >= 11 is 0. The van der Waals surface area contributed by atoms with E-state index in [0.717, 1.165) is 77.0 Å². The van der Waals surface area contributed by atoms with Crippen molar-refractivity contribution in [2.24, 2.45) is 23.7 Å². The summed E-state index contributed by atoms with van der Waals surface area (Å²) in [5, 5.41) is 26.4. The zero-order valence-electron chi connectivity index (χ0n) is 16.6. The van der Waals surface area contributed by atoms with Crippen molar-refractivity contribution >= 4 is 0 Å². The third-order valence-electron chi connectivity index (χ3n) is 7.45. The van der Waals surface area contributed by atoms with E-state index in [1.807, 2.05) is 18.8 Å². The molecule has 0 aromatic heterocycles. The molecule has 3 fully saturated rings. The third kappa shape index (κ3) is 5.23. The first-order valence-electron chi connectivity index (χ1n) is 10.9. The molecule has 0 bridgehead atoms. The van der Waals surface area contributed by atoms with Crippen LogP contribution in [0.25, 0.3) is 0 Å². The zero-order chi connectivity index (χ0) is 19.8. The van der Waals surface area contributed by atoms with Crippen molar-refractivity contribution in [1.29, 1.82) is 15.8 Å². The molecule has 152 valence electrons. The lowest BCUT2D eigenvalue weighted by atomic mass is 9.61. The van der Waals surface area contributed by atoms with Gasteiger partial charge in [0.1, 0.15) is 18.3 Å². The SMILES string of the molecule is N#COC1CCC(C(C2CCC(OC#N)CC2)C2CCC(OC#N)CC2)CC1. The Labute approximate surface area is 168 Å². The molecule has 28 heavy (non-hydrogen) atoms. The first-order valence-corrected chi connectivity index (χ1v) is 10.9. The van der Waals surface area contributed by atoms with Crippen LogP contribution in [-0.2, 0) is 14.2 Å². The van der Waals surface area contributed by atoms with Crippen LogP contribution in [0.5, 0.6) is 0 Å². The Morgan fingerprint density at radius 2 is 0.714 bits per heavy atom. The van der Waals surface area contributed by atoms with Gasteiger partial charge in [0, 0.05) is 0 Å². The van der Waals surface area contributed by atoms with Crippen LogP contribution in [0.4, 0.5) is 0 Å². The van der Waals surface area contributed by atoms with Gasteiger partial charge in [-0.15, -0.1) is 0 Å². The highest BCUT2D eigenvalue weighted by atomic mass is 16.5. The molecule has 0 aromatic rings. The van der Waals surface area contributed by atoms with Gasteiger partial charge < -0.3 is 14.2 Å². The zero-order valence-corrected chi connectivity index (χ0v) is 16.6. The second-order valence-electron chi connectivity index (χ2n) is 8.82. The highest BCUT2D eigenvalue weighted by Gasteiger charge is 2.41. The standard InChI is InChI=1S/C22H31N3O3/c23-13-26-19-7-1-16(2-8-19)22(17-3-9-20(10-4-17)27-14-24)18-5-11-21(12-6-18)28-15-25/h16-22H,1-12H2. The van der Waals surface area contributed by atoms with Crippen LogP contribution in [0.3, 0.4) is 0 Å². The minimum absolute atomic E-state index is 0.0985. The van der Waals surface area contributed by atoms with Crippen molar-refractivity contribution < 1.29 is 14.2 Å². The summed E-state index contributed by atoms with van der Waals surface area (Å²) in [4.78, 5) is 0. The van der Waals surface area contributed by atoms with Gasteiger partial charge in [0.15, 0.2) is 0 Å². The third-order valence-corrected chi connectivity index (χ3v) is 7.45. The minimum Gasteiger partial charge on any atom is -0.424 e. The molecule has 3 rings (SSSR count). The van der Waals surface area contributed by atoms with E-state index in [2.05, 4.69) is 0 Å². The van der Waals surface area contributed by atoms with Crippen molar-refractivity contribution in [3.63, 3.8) is 0 Å². The molecule has 0 aliphatic heterocycles. The van der Waals surface area contributed by atoms with Crippen LogP contribution >= 0.6 is 0 Å². The highest BCUT2D eigenvalue weighted by Crippen LogP contribution is 2.48. The molecule has 0 unspecified atom stereocenters. The Hall–Kier alpha value is -2.13. The first-order chi connectivity index (χ1) is 13.7. The Balaban J connectivity index is 1.63. The van der Waals surface area contributed by atoms with Gasteiger partial charge in [-0.3, -0.25) is 0 Å². The molecule has 3 saturated carbocycles. The molecule has 0 saturated heterocycles. The van der Waals surface area contributed by atoms with Gasteiger partial charge in [-0.1, -0.05) is 0 Å². The fourth-order valence-electron chi connectivity index (χ4n) is 6.15. The molecular formula is C22H31N3O3. The van der Waals surface area contributed by atoms with Gasteiger partial charge >= 0.3 is 0 Å². The molecule has 0 aromatic carbocycles. The van der Waals surface area contributed by atoms with Gasteiger partial charge in [-0.05, 0) is 101 Å². The van der Waals surface area contributed by atoms with Gasteiger partial charge in [-0.25, -0.2) is 0 Å². The molecule has 0 amide bonds. The number of nitriles is 3. The van der Waals surface area contributed by atoms with Crippen LogP contribution in [0, 0.1) is 58.2 Å². The fourth-order valence-corrected chi connectivity index (χ4v) is 6.15. The van der Waals surface area contributed by atoms with Gasteiger partial charge in [-0.2, -0.15) is 15.8 Å². The Morgan fingerprint density at radius 1 is 0.464 bits per heavy atom. The maximum atomic E-state index is 8.80. The lowest BCUT2D eigenvalue weighted by molar-refractivity contribution is -0.00165. The largest absolute Gasteiger partial charge is 0.424 e. The second-order valence-corrected chi connectivity index (χ2v) is 8.82. The summed E-state index contributed by atoms with van der Waals surface area (Å²) in [5.41, 5.74) is 0. The summed E-state index contributed by atoms with van der Waals surface area (Å²) in [6, 6.07) is 0. The Morgan fingerprint density at radius 3 is 0.929 bits per heavy atom. The predicted molar refractivity (Wildman–Crippen MR) is 101 cm³/mol. The number of ether oxygens (including phenoxy) is 3. The van der Waals surface area contributed by atoms with Crippen LogP contribution in [0.2, 0.25) is 0 Å². The normalized spacial score (nSPS) is 36.8.